The summed E-state index contributed by atoms with van der Waals surface area (Å²) in [6, 6.07) is 0. The van der Waals surface area contributed by atoms with Crippen molar-refractivity contribution in [2.24, 2.45) is 0 Å². The molecule has 0 aliphatic rings. The van der Waals surface area contributed by atoms with Crippen LogP contribution in [0.2, 0.25) is 0 Å². The van der Waals surface area contributed by atoms with Crippen LogP contribution in [0.25, 0.3) is 0 Å². The van der Waals surface area contributed by atoms with Gasteiger partial charge in [-0.25, -0.2) is 26.3 Å². The van der Waals surface area contributed by atoms with Gasteiger partial charge in [0.2, 0.25) is 34.9 Å². The summed E-state index contributed by atoms with van der Waals surface area (Å²) in [6.45, 7) is 0. The average Bonchev–Trinajstić information content (AvgIpc) is 2.08. The molecule has 0 bridgehead atoms. The summed E-state index contributed by atoms with van der Waals surface area (Å²) in [6.07, 6.45) is 0. The van der Waals surface area contributed by atoms with Gasteiger partial charge < -0.3 is 0 Å². The Balaban J connectivity index is 3.60. The summed E-state index contributed by atoms with van der Waals surface area (Å²) in [7, 11) is 0. The van der Waals surface area contributed by atoms with Gasteiger partial charge in [0.25, 0.3) is 0 Å². The monoisotopic (exact) mass is 187 g/mol. The molecule has 1 aromatic rings. The molecule has 0 fully saturated rings. The van der Waals surface area contributed by atoms with Crippen molar-refractivity contribution in [1.82, 2.24) is 0 Å². The normalized spacial score (nSPS) is 10.5. The van der Waals surface area contributed by atoms with Crippen molar-refractivity contribution in [3.05, 3.63) is 34.9 Å². The fourth-order valence-corrected chi connectivity index (χ4v) is 0.578. The van der Waals surface area contributed by atoms with Crippen LogP contribution in [-0.4, -0.2) is 0 Å². The van der Waals surface area contributed by atoms with E-state index in [9.17, 15) is 26.3 Å². The Morgan fingerprint density at radius 2 is 0.417 bits per heavy atom. The van der Waals surface area contributed by atoms with E-state index in [-0.39, 0.29) is 0 Å². The maximum Gasteiger partial charge on any atom is 0.200 e. The van der Waals surface area contributed by atoms with Crippen LogP contribution in [0, 0.1) is 34.9 Å². The minimum absolute atomic E-state index is 2.37. The van der Waals surface area contributed by atoms with Gasteiger partial charge in [0.15, 0.2) is 0 Å². The number of hydrogen-bond acceptors (Lipinski definition) is 0. The molecule has 0 aliphatic carbocycles. The van der Waals surface area contributed by atoms with Crippen LogP contribution < -0.4 is 0 Å². The largest absolute Gasteiger partial charge is 0.200 e. The van der Waals surface area contributed by atoms with Crippen LogP contribution >= 0.6 is 0 Å². The highest BCUT2D eigenvalue weighted by Crippen LogP contribution is 2.20. The molecule has 12 heavy (non-hydrogen) atoms. The topological polar surface area (TPSA) is 0 Å². The number of halogens is 6. The van der Waals surface area contributed by atoms with Crippen LogP contribution in [0.5, 0.6) is 0 Å². The van der Waals surface area contributed by atoms with Crippen LogP contribution in [0.4, 0.5) is 26.3 Å². The highest BCUT2D eigenvalue weighted by molar-refractivity contribution is 5.14. The summed E-state index contributed by atoms with van der Waals surface area (Å²) in [4.78, 5) is 0. The van der Waals surface area contributed by atoms with Crippen molar-refractivity contribution < 1.29 is 26.3 Å². The first kappa shape index (κ1) is 8.89. The lowest BCUT2D eigenvalue weighted by molar-refractivity contribution is 0.334. The first-order valence-corrected chi connectivity index (χ1v) is 2.63. The fraction of sp³-hybridized carbons (Fsp3) is 0. The Kier molecular flexibility index (Phi) is 1.99. The molecule has 0 nitrogen and oxygen atoms in total. The zero-order valence-electron chi connectivity index (χ0n) is 5.27. The zero-order valence-corrected chi connectivity index (χ0v) is 5.27. The number of rotatable bonds is 0. The van der Waals surface area contributed by atoms with E-state index in [1.165, 1.54) is 0 Å². The van der Waals surface area contributed by atoms with E-state index in [1.54, 1.807) is 0 Å². The highest BCUT2D eigenvalue weighted by atomic mass is 19.2. The standard InChI is InChI=1S/C6F6/c7-1-2(8)4(10)6(12)5(11)3(1)9/i1+1. The lowest BCUT2D eigenvalue weighted by Gasteiger charge is -1.99. The van der Waals surface area contributed by atoms with Crippen molar-refractivity contribution in [1.29, 1.82) is 0 Å². The molecule has 0 saturated carbocycles. The van der Waals surface area contributed by atoms with Crippen molar-refractivity contribution in [2.45, 2.75) is 0 Å². The molecule has 1 rings (SSSR count). The second-order valence-corrected chi connectivity index (χ2v) is 1.88. The molecule has 0 N–H and O–H groups in total. The Morgan fingerprint density at radius 3 is 0.500 bits per heavy atom. The molecule has 0 heterocycles. The predicted octanol–water partition coefficient (Wildman–Crippen LogP) is 2.52. The molecule has 0 aromatic heterocycles. The molecule has 0 aliphatic heterocycles. The molecular formula is C6F6. The van der Waals surface area contributed by atoms with E-state index >= 15 is 0 Å². The summed E-state index contributed by atoms with van der Waals surface area (Å²) < 4.78 is 72.2. The smallest absolute Gasteiger partial charge is 0.200 e. The second-order valence-electron chi connectivity index (χ2n) is 1.88. The molecule has 0 spiro atoms. The molecule has 0 atom stereocenters. The van der Waals surface area contributed by atoms with Crippen LogP contribution in [0.3, 0.4) is 0 Å². The van der Waals surface area contributed by atoms with Gasteiger partial charge in [-0.1, -0.05) is 0 Å². The van der Waals surface area contributed by atoms with Crippen LogP contribution in [0.1, 0.15) is 0 Å². The van der Waals surface area contributed by atoms with Gasteiger partial charge in [0.1, 0.15) is 0 Å². The minimum Gasteiger partial charge on any atom is -0.200 e. The highest BCUT2D eigenvalue weighted by Gasteiger charge is 2.25. The van der Waals surface area contributed by atoms with Crippen molar-refractivity contribution in [2.75, 3.05) is 0 Å². The first-order chi connectivity index (χ1) is 5.46. The van der Waals surface area contributed by atoms with Gasteiger partial charge >= 0.3 is 0 Å². The predicted molar refractivity (Wildman–Crippen MR) is 26.2 cm³/mol. The van der Waals surface area contributed by atoms with E-state index in [0.717, 1.165) is 0 Å². The quantitative estimate of drug-likeness (QED) is 0.332. The van der Waals surface area contributed by atoms with Gasteiger partial charge in [-0.05, 0) is 0 Å². The van der Waals surface area contributed by atoms with E-state index in [2.05, 4.69) is 0 Å². The third kappa shape index (κ3) is 1.03. The number of benzene rings is 1. The van der Waals surface area contributed by atoms with Crippen LogP contribution in [0.15, 0.2) is 0 Å². The van der Waals surface area contributed by atoms with Gasteiger partial charge in [-0.3, -0.25) is 0 Å². The zero-order chi connectivity index (χ0) is 9.46. The molecule has 0 radical (unpaired) electrons. The molecule has 0 unspecified atom stereocenters. The summed E-state index contributed by atoms with van der Waals surface area (Å²) in [5.74, 6) is -14.2. The number of hydrogen-bond donors (Lipinski definition) is 0. The van der Waals surface area contributed by atoms with E-state index in [1.807, 2.05) is 0 Å². The van der Waals surface area contributed by atoms with Gasteiger partial charge in [-0.2, -0.15) is 0 Å². The molecule has 66 valence electrons. The van der Waals surface area contributed by atoms with E-state index in [4.69, 9.17) is 0 Å². The lowest BCUT2D eigenvalue weighted by Crippen LogP contribution is -2.04. The fourth-order valence-electron chi connectivity index (χ4n) is 0.578. The van der Waals surface area contributed by atoms with Crippen molar-refractivity contribution >= 4 is 0 Å². The Morgan fingerprint density at radius 1 is 0.333 bits per heavy atom. The molecule has 6 heteroatoms. The summed E-state index contributed by atoms with van der Waals surface area (Å²) >= 11 is 0. The average molecular weight is 187 g/mol. The second kappa shape index (κ2) is 2.69. The Hall–Kier alpha value is -1.20. The third-order valence-corrected chi connectivity index (χ3v) is 1.16. The molecule has 1 aromatic carbocycles. The van der Waals surface area contributed by atoms with Crippen molar-refractivity contribution in [3.63, 3.8) is 0 Å². The Labute approximate surface area is 62.4 Å². The third-order valence-electron chi connectivity index (χ3n) is 1.16. The van der Waals surface area contributed by atoms with Crippen LogP contribution in [-0.2, 0) is 0 Å². The minimum atomic E-state index is -2.37. The lowest BCUT2D eigenvalue weighted by atomic mass is 10.4. The Bertz CT molecular complexity index is 226. The summed E-state index contributed by atoms with van der Waals surface area (Å²) in [5, 5.41) is 0. The van der Waals surface area contributed by atoms with Gasteiger partial charge in [-0.15, -0.1) is 0 Å². The maximum atomic E-state index is 12.0. The van der Waals surface area contributed by atoms with Gasteiger partial charge in [0, 0.05) is 0 Å². The molecular weight excluding hydrogens is 187 g/mol. The molecule has 0 saturated heterocycles. The van der Waals surface area contributed by atoms with E-state index in [0.29, 0.717) is 0 Å². The maximum absolute atomic E-state index is 12.0. The SMILES string of the molecule is Fc1c(F)c(F)[13c](F)c(F)c1F. The van der Waals surface area contributed by atoms with Gasteiger partial charge in [0.05, 0.1) is 0 Å². The van der Waals surface area contributed by atoms with E-state index < -0.39 is 34.9 Å². The summed E-state index contributed by atoms with van der Waals surface area (Å²) in [5.41, 5.74) is 0. The van der Waals surface area contributed by atoms with Crippen molar-refractivity contribution in [3.8, 4) is 0 Å². The molecule has 0 amide bonds. The first-order valence-electron chi connectivity index (χ1n) is 2.63.